The Morgan fingerprint density at radius 2 is 2.60 bits per heavy atom. The summed E-state index contributed by atoms with van der Waals surface area (Å²) >= 11 is 1.66. The van der Waals surface area contributed by atoms with Gasteiger partial charge in [0.1, 0.15) is 0 Å². The molecular formula is C10H15N3OS. The molecule has 0 radical (unpaired) electrons. The number of piperidine rings is 1. The average molecular weight is 225 g/mol. The van der Waals surface area contributed by atoms with Crippen LogP contribution in [0.1, 0.15) is 17.7 Å². The van der Waals surface area contributed by atoms with Crippen molar-refractivity contribution in [2.45, 2.75) is 25.4 Å². The Labute approximate surface area is 93.3 Å². The van der Waals surface area contributed by atoms with E-state index in [0.717, 1.165) is 19.5 Å². The fourth-order valence-electron chi connectivity index (χ4n) is 1.75. The van der Waals surface area contributed by atoms with Crippen molar-refractivity contribution in [3.63, 3.8) is 0 Å². The molecule has 1 amide bonds. The minimum absolute atomic E-state index is 0.255. The van der Waals surface area contributed by atoms with Crippen molar-refractivity contribution in [2.24, 2.45) is 0 Å². The lowest BCUT2D eigenvalue weighted by molar-refractivity contribution is -0.132. The SMILES string of the molecule is CN1CC(NCc2cncs2)CCC1=O. The highest BCUT2D eigenvalue weighted by Crippen LogP contribution is 2.11. The molecule has 1 fully saturated rings. The maximum Gasteiger partial charge on any atom is 0.222 e. The van der Waals surface area contributed by atoms with Crippen LogP contribution in [0.25, 0.3) is 0 Å². The molecule has 82 valence electrons. The van der Waals surface area contributed by atoms with Gasteiger partial charge in [-0.05, 0) is 6.42 Å². The second-order valence-electron chi connectivity index (χ2n) is 3.86. The van der Waals surface area contributed by atoms with Gasteiger partial charge in [-0.25, -0.2) is 0 Å². The third-order valence-corrected chi connectivity index (χ3v) is 3.45. The van der Waals surface area contributed by atoms with E-state index in [4.69, 9.17) is 0 Å². The number of hydrogen-bond donors (Lipinski definition) is 1. The average Bonchev–Trinajstić information content (AvgIpc) is 2.73. The van der Waals surface area contributed by atoms with Gasteiger partial charge in [-0.3, -0.25) is 9.78 Å². The first kappa shape index (κ1) is 10.6. The van der Waals surface area contributed by atoms with E-state index in [1.54, 1.807) is 16.2 Å². The van der Waals surface area contributed by atoms with Gasteiger partial charge in [0.2, 0.25) is 5.91 Å². The van der Waals surface area contributed by atoms with E-state index >= 15 is 0 Å². The van der Waals surface area contributed by atoms with Crippen LogP contribution in [0, 0.1) is 0 Å². The summed E-state index contributed by atoms with van der Waals surface area (Å²) in [6, 6.07) is 0.426. The van der Waals surface area contributed by atoms with Crippen LogP contribution in [0.5, 0.6) is 0 Å². The number of thiazole rings is 1. The summed E-state index contributed by atoms with van der Waals surface area (Å²) in [6.07, 6.45) is 3.49. The smallest absolute Gasteiger partial charge is 0.222 e. The zero-order valence-corrected chi connectivity index (χ0v) is 9.59. The molecule has 5 heteroatoms. The Kier molecular flexibility index (Phi) is 3.33. The number of amides is 1. The number of nitrogens with zero attached hydrogens (tertiary/aromatic N) is 2. The molecule has 1 aliphatic rings. The first-order valence-electron chi connectivity index (χ1n) is 5.10. The maximum absolute atomic E-state index is 11.3. The Balaban J connectivity index is 1.78. The Morgan fingerprint density at radius 3 is 3.27 bits per heavy atom. The molecule has 0 aliphatic carbocycles. The van der Waals surface area contributed by atoms with Gasteiger partial charge in [0.05, 0.1) is 5.51 Å². The molecule has 1 aromatic heterocycles. The van der Waals surface area contributed by atoms with Gasteiger partial charge in [-0.1, -0.05) is 0 Å². The zero-order chi connectivity index (χ0) is 10.7. The summed E-state index contributed by atoms with van der Waals surface area (Å²) in [5.41, 5.74) is 1.84. The quantitative estimate of drug-likeness (QED) is 0.829. The van der Waals surface area contributed by atoms with Crippen LogP contribution in [0.15, 0.2) is 11.7 Å². The number of carbonyl (C=O) groups is 1. The van der Waals surface area contributed by atoms with Crippen LogP contribution < -0.4 is 5.32 Å². The van der Waals surface area contributed by atoms with Crippen LogP contribution in [-0.2, 0) is 11.3 Å². The second-order valence-corrected chi connectivity index (χ2v) is 4.83. The Morgan fingerprint density at radius 1 is 1.73 bits per heavy atom. The Bertz CT molecular complexity index is 325. The number of aromatic nitrogens is 1. The van der Waals surface area contributed by atoms with Crippen LogP contribution in [0.4, 0.5) is 0 Å². The molecule has 0 aromatic carbocycles. The van der Waals surface area contributed by atoms with E-state index in [0.29, 0.717) is 12.5 Å². The minimum atomic E-state index is 0.255. The summed E-state index contributed by atoms with van der Waals surface area (Å²) in [5.74, 6) is 0.255. The first-order chi connectivity index (χ1) is 7.25. The van der Waals surface area contributed by atoms with E-state index in [2.05, 4.69) is 10.3 Å². The summed E-state index contributed by atoms with van der Waals surface area (Å²) in [6.45, 7) is 1.68. The van der Waals surface area contributed by atoms with Crippen molar-refractivity contribution in [3.8, 4) is 0 Å². The molecule has 1 N–H and O–H groups in total. The fourth-order valence-corrected chi connectivity index (χ4v) is 2.30. The van der Waals surface area contributed by atoms with Crippen LogP contribution in [-0.4, -0.2) is 35.4 Å². The summed E-state index contributed by atoms with van der Waals surface area (Å²) in [5, 5.41) is 3.45. The summed E-state index contributed by atoms with van der Waals surface area (Å²) in [7, 11) is 1.86. The van der Waals surface area contributed by atoms with Crippen molar-refractivity contribution in [1.29, 1.82) is 0 Å². The van der Waals surface area contributed by atoms with Gasteiger partial charge in [0.15, 0.2) is 0 Å². The molecule has 1 aliphatic heterocycles. The molecule has 2 heterocycles. The summed E-state index contributed by atoms with van der Waals surface area (Å²) in [4.78, 5) is 18.3. The van der Waals surface area contributed by atoms with E-state index < -0.39 is 0 Å². The number of rotatable bonds is 3. The number of hydrogen-bond acceptors (Lipinski definition) is 4. The van der Waals surface area contributed by atoms with Gasteiger partial charge in [-0.2, -0.15) is 0 Å². The molecule has 1 saturated heterocycles. The van der Waals surface area contributed by atoms with Crippen molar-refractivity contribution >= 4 is 17.2 Å². The van der Waals surface area contributed by atoms with Crippen molar-refractivity contribution in [2.75, 3.05) is 13.6 Å². The van der Waals surface area contributed by atoms with Crippen molar-refractivity contribution in [3.05, 3.63) is 16.6 Å². The predicted molar refractivity (Wildman–Crippen MR) is 59.6 cm³/mol. The van der Waals surface area contributed by atoms with Gasteiger partial charge in [0, 0.05) is 43.7 Å². The molecule has 1 atom stereocenters. The standard InChI is InChI=1S/C10H15N3OS/c1-13-6-8(2-3-10(13)14)12-5-9-4-11-7-15-9/h4,7-8,12H,2-3,5-6H2,1H3. The highest BCUT2D eigenvalue weighted by atomic mass is 32.1. The normalized spacial score (nSPS) is 22.1. The molecule has 0 saturated carbocycles. The van der Waals surface area contributed by atoms with Gasteiger partial charge in [0.25, 0.3) is 0 Å². The molecule has 4 nitrogen and oxygen atoms in total. The van der Waals surface area contributed by atoms with E-state index in [1.807, 2.05) is 18.8 Å². The molecule has 0 spiro atoms. The molecule has 1 unspecified atom stereocenters. The third kappa shape index (κ3) is 2.76. The van der Waals surface area contributed by atoms with Crippen molar-refractivity contribution in [1.82, 2.24) is 15.2 Å². The van der Waals surface area contributed by atoms with Crippen LogP contribution >= 0.6 is 11.3 Å². The molecule has 15 heavy (non-hydrogen) atoms. The summed E-state index contributed by atoms with van der Waals surface area (Å²) < 4.78 is 0. The Hall–Kier alpha value is -0.940. The lowest BCUT2D eigenvalue weighted by atomic mass is 10.1. The monoisotopic (exact) mass is 225 g/mol. The van der Waals surface area contributed by atoms with Crippen LogP contribution in [0.2, 0.25) is 0 Å². The van der Waals surface area contributed by atoms with E-state index in [9.17, 15) is 4.79 Å². The highest BCUT2D eigenvalue weighted by Gasteiger charge is 2.22. The van der Waals surface area contributed by atoms with Gasteiger partial charge >= 0.3 is 0 Å². The lowest BCUT2D eigenvalue weighted by Crippen LogP contribution is -2.46. The highest BCUT2D eigenvalue weighted by molar-refractivity contribution is 7.09. The fraction of sp³-hybridized carbons (Fsp3) is 0.600. The molecule has 0 bridgehead atoms. The predicted octanol–water partition coefficient (Wildman–Crippen LogP) is 0.853. The molecule has 2 rings (SSSR count). The number of likely N-dealkylation sites (N-methyl/N-ethyl adjacent to an activating group) is 1. The topological polar surface area (TPSA) is 45.2 Å². The lowest BCUT2D eigenvalue weighted by Gasteiger charge is -2.30. The maximum atomic E-state index is 11.3. The number of nitrogens with one attached hydrogen (secondary N) is 1. The first-order valence-corrected chi connectivity index (χ1v) is 5.98. The largest absolute Gasteiger partial charge is 0.344 e. The molecule has 1 aromatic rings. The van der Waals surface area contributed by atoms with Crippen molar-refractivity contribution < 1.29 is 4.79 Å². The number of likely N-dealkylation sites (tertiary alicyclic amines) is 1. The van der Waals surface area contributed by atoms with Gasteiger partial charge < -0.3 is 10.2 Å². The second kappa shape index (κ2) is 4.72. The third-order valence-electron chi connectivity index (χ3n) is 2.68. The molecular weight excluding hydrogens is 210 g/mol. The number of carbonyl (C=O) groups excluding carboxylic acids is 1. The van der Waals surface area contributed by atoms with E-state index in [1.165, 1.54) is 4.88 Å². The van der Waals surface area contributed by atoms with E-state index in [-0.39, 0.29) is 5.91 Å². The zero-order valence-electron chi connectivity index (χ0n) is 8.77. The minimum Gasteiger partial charge on any atom is -0.344 e. The van der Waals surface area contributed by atoms with Crippen LogP contribution in [0.3, 0.4) is 0 Å². The van der Waals surface area contributed by atoms with Gasteiger partial charge in [-0.15, -0.1) is 11.3 Å².